The summed E-state index contributed by atoms with van der Waals surface area (Å²) >= 11 is 0. The summed E-state index contributed by atoms with van der Waals surface area (Å²) in [4.78, 5) is 11.7. The summed E-state index contributed by atoms with van der Waals surface area (Å²) in [5.74, 6) is -0.229. The third kappa shape index (κ3) is 2.37. The summed E-state index contributed by atoms with van der Waals surface area (Å²) in [5, 5.41) is 10.7. The number of amides is 1. The van der Waals surface area contributed by atoms with Crippen LogP contribution in [0.4, 0.5) is 14.9 Å². The Kier molecular flexibility index (Phi) is 3.49. The molecule has 1 aromatic carbocycles. The van der Waals surface area contributed by atoms with E-state index in [1.165, 1.54) is 19.2 Å². The van der Waals surface area contributed by atoms with Crippen LogP contribution < -0.4 is 14.7 Å². The Bertz CT molecular complexity index is 368. The summed E-state index contributed by atoms with van der Waals surface area (Å²) in [6, 6.07) is 3.67. The largest absolute Gasteiger partial charge is 0.530 e. The number of methoxy groups -OCH3 is 1. The minimum absolute atomic E-state index is 0.153. The lowest BCUT2D eigenvalue weighted by atomic mass is 10.2. The lowest BCUT2D eigenvalue weighted by molar-refractivity contribution is -0.246. The van der Waals surface area contributed by atoms with E-state index in [0.717, 1.165) is 11.0 Å². The van der Waals surface area contributed by atoms with Crippen LogP contribution in [0.3, 0.4) is 0 Å². The van der Waals surface area contributed by atoms with Crippen LogP contribution in [0.2, 0.25) is 0 Å². The average Bonchev–Trinajstić information content (AvgIpc) is 2.18. The molecule has 0 radical (unpaired) electrons. The van der Waals surface area contributed by atoms with E-state index in [-0.39, 0.29) is 12.2 Å². The van der Waals surface area contributed by atoms with Gasteiger partial charge in [0.15, 0.2) is 0 Å². The number of carboxylic acid groups (broad SMARTS) is 1. The first kappa shape index (κ1) is 11.3. The number of ether oxygens (including phenoxy) is 1. The number of halogens is 1. The lowest BCUT2D eigenvalue weighted by Crippen LogP contribution is -2.41. The molecule has 0 spiro atoms. The summed E-state index contributed by atoms with van der Waals surface area (Å²) in [7, 11) is 1.39. The number of nitrogens with zero attached hydrogens (tertiary/aromatic N) is 1. The topological polar surface area (TPSA) is 52.6 Å². The molecule has 1 amide bonds. The Morgan fingerprint density at radius 2 is 2.27 bits per heavy atom. The van der Waals surface area contributed by atoms with Crippen molar-refractivity contribution in [3.05, 3.63) is 24.0 Å². The first-order valence-corrected chi connectivity index (χ1v) is 4.42. The first-order valence-electron chi connectivity index (χ1n) is 4.42. The van der Waals surface area contributed by atoms with Crippen LogP contribution in [0.1, 0.15) is 6.92 Å². The highest BCUT2D eigenvalue weighted by Gasteiger charge is 2.12. The van der Waals surface area contributed by atoms with E-state index in [2.05, 4.69) is 0 Å². The van der Waals surface area contributed by atoms with Crippen LogP contribution in [-0.4, -0.2) is 19.7 Å². The van der Waals surface area contributed by atoms with Crippen LogP contribution in [0.5, 0.6) is 5.75 Å². The van der Waals surface area contributed by atoms with Gasteiger partial charge in [0.2, 0.25) is 0 Å². The number of carbonyl (C=O) groups excluding carboxylic acids is 1. The van der Waals surface area contributed by atoms with Crippen molar-refractivity contribution in [1.29, 1.82) is 0 Å². The summed E-state index contributed by atoms with van der Waals surface area (Å²) in [6.07, 6.45) is -1.39. The molecule has 15 heavy (non-hydrogen) atoms. The number of hydrogen-bond donors (Lipinski definition) is 0. The Labute approximate surface area is 86.9 Å². The number of anilines is 1. The van der Waals surface area contributed by atoms with Gasteiger partial charge in [-0.15, -0.1) is 0 Å². The number of benzene rings is 1. The fourth-order valence-corrected chi connectivity index (χ4v) is 1.27. The zero-order chi connectivity index (χ0) is 11.4. The van der Waals surface area contributed by atoms with Crippen molar-refractivity contribution in [2.75, 3.05) is 18.6 Å². The molecule has 0 heterocycles. The minimum Gasteiger partial charge on any atom is -0.530 e. The second-order valence-electron chi connectivity index (χ2n) is 2.83. The van der Waals surface area contributed by atoms with Crippen LogP contribution in [0.25, 0.3) is 0 Å². The zero-order valence-corrected chi connectivity index (χ0v) is 8.49. The Morgan fingerprint density at radius 3 is 2.73 bits per heavy atom. The molecule has 0 aliphatic carbocycles. The molecule has 0 unspecified atom stereocenters. The Morgan fingerprint density at radius 1 is 1.60 bits per heavy atom. The van der Waals surface area contributed by atoms with E-state index < -0.39 is 11.9 Å². The predicted octanol–water partition coefficient (Wildman–Crippen LogP) is 1.00. The van der Waals surface area contributed by atoms with E-state index in [1.807, 2.05) is 0 Å². The molecule has 0 aliphatic heterocycles. The highest BCUT2D eigenvalue weighted by atomic mass is 19.1. The van der Waals surface area contributed by atoms with Crippen molar-refractivity contribution in [3.8, 4) is 5.75 Å². The number of hydrogen-bond acceptors (Lipinski definition) is 3. The Balaban J connectivity index is 3.19. The van der Waals surface area contributed by atoms with Crippen molar-refractivity contribution in [1.82, 2.24) is 0 Å². The fourth-order valence-electron chi connectivity index (χ4n) is 1.27. The van der Waals surface area contributed by atoms with Gasteiger partial charge in [-0.3, -0.25) is 0 Å². The van der Waals surface area contributed by atoms with Crippen LogP contribution in [-0.2, 0) is 0 Å². The van der Waals surface area contributed by atoms with Gasteiger partial charge in [-0.2, -0.15) is 0 Å². The fraction of sp³-hybridized carbons (Fsp3) is 0.300. The third-order valence-corrected chi connectivity index (χ3v) is 1.97. The van der Waals surface area contributed by atoms with Crippen molar-refractivity contribution in [3.63, 3.8) is 0 Å². The van der Waals surface area contributed by atoms with Gasteiger partial charge in [-0.05, 0) is 19.1 Å². The molecule has 5 heteroatoms. The van der Waals surface area contributed by atoms with Gasteiger partial charge in [0.05, 0.1) is 12.8 Å². The minimum atomic E-state index is -1.39. The number of rotatable bonds is 3. The van der Waals surface area contributed by atoms with E-state index >= 15 is 0 Å². The molecule has 0 fully saturated rings. The van der Waals surface area contributed by atoms with E-state index in [9.17, 15) is 14.3 Å². The van der Waals surface area contributed by atoms with E-state index in [1.54, 1.807) is 6.92 Å². The second kappa shape index (κ2) is 4.63. The van der Waals surface area contributed by atoms with Gasteiger partial charge in [-0.25, -0.2) is 4.39 Å². The van der Waals surface area contributed by atoms with E-state index in [4.69, 9.17) is 4.74 Å². The summed E-state index contributed by atoms with van der Waals surface area (Å²) < 4.78 is 17.9. The maximum atomic E-state index is 12.9. The lowest BCUT2D eigenvalue weighted by Gasteiger charge is -2.25. The van der Waals surface area contributed by atoms with Crippen molar-refractivity contribution < 1.29 is 19.0 Å². The zero-order valence-electron chi connectivity index (χ0n) is 8.49. The van der Waals surface area contributed by atoms with Crippen molar-refractivity contribution in [2.45, 2.75) is 6.92 Å². The standard InChI is InChI=1S/C10H12FNO3/c1-3-12(10(13)14)8-6-7(11)4-5-9(8)15-2/h4-6H,3H2,1-2H3,(H,13,14)/p-1. The highest BCUT2D eigenvalue weighted by molar-refractivity contribution is 5.86. The van der Waals surface area contributed by atoms with Gasteiger partial charge in [-0.1, -0.05) is 0 Å². The SMILES string of the molecule is CCN(C(=O)[O-])c1cc(F)ccc1OC. The maximum absolute atomic E-state index is 12.9. The molecule has 0 bridgehead atoms. The normalized spacial score (nSPS) is 9.80. The molecular formula is C10H11FNO3-. The first-order chi connectivity index (χ1) is 7.10. The molecule has 1 rings (SSSR count). The summed E-state index contributed by atoms with van der Waals surface area (Å²) in [6.45, 7) is 1.79. The maximum Gasteiger partial charge on any atom is 0.142 e. The molecule has 0 atom stereocenters. The van der Waals surface area contributed by atoms with Gasteiger partial charge in [0, 0.05) is 12.6 Å². The molecule has 0 saturated heterocycles. The van der Waals surface area contributed by atoms with Gasteiger partial charge in [0.25, 0.3) is 0 Å². The molecule has 0 aliphatic rings. The van der Waals surface area contributed by atoms with Gasteiger partial charge < -0.3 is 19.5 Å². The molecule has 82 valence electrons. The monoisotopic (exact) mass is 212 g/mol. The summed E-state index contributed by atoms with van der Waals surface area (Å²) in [5.41, 5.74) is 0.153. The van der Waals surface area contributed by atoms with Crippen LogP contribution in [0, 0.1) is 5.82 Å². The highest BCUT2D eigenvalue weighted by Crippen LogP contribution is 2.28. The molecular weight excluding hydrogens is 201 g/mol. The quantitative estimate of drug-likeness (QED) is 0.751. The molecule has 1 aromatic rings. The second-order valence-corrected chi connectivity index (χ2v) is 2.83. The molecule has 0 saturated carbocycles. The predicted molar refractivity (Wildman–Crippen MR) is 51.4 cm³/mol. The smallest absolute Gasteiger partial charge is 0.142 e. The van der Waals surface area contributed by atoms with Crippen LogP contribution in [0.15, 0.2) is 18.2 Å². The number of carbonyl (C=O) groups is 1. The molecule has 4 nitrogen and oxygen atoms in total. The van der Waals surface area contributed by atoms with Gasteiger partial charge in [0.1, 0.15) is 17.7 Å². The molecule has 0 aromatic heterocycles. The van der Waals surface area contributed by atoms with Crippen LogP contribution >= 0.6 is 0 Å². The van der Waals surface area contributed by atoms with Crippen molar-refractivity contribution in [2.24, 2.45) is 0 Å². The van der Waals surface area contributed by atoms with E-state index in [0.29, 0.717) is 5.75 Å². The Hall–Kier alpha value is -1.78. The van der Waals surface area contributed by atoms with Crippen molar-refractivity contribution >= 4 is 11.8 Å². The molecule has 0 N–H and O–H groups in total. The average molecular weight is 212 g/mol. The third-order valence-electron chi connectivity index (χ3n) is 1.97. The van der Waals surface area contributed by atoms with Gasteiger partial charge >= 0.3 is 0 Å².